The van der Waals surface area contributed by atoms with Gasteiger partial charge in [0.1, 0.15) is 23.4 Å². The zero-order chi connectivity index (χ0) is 27.8. The fraction of sp³-hybridized carbons (Fsp3) is 0.464. The van der Waals surface area contributed by atoms with Crippen molar-refractivity contribution in [3.63, 3.8) is 0 Å². The highest BCUT2D eigenvalue weighted by Crippen LogP contribution is 2.34. The SMILES string of the molecule is CCC(C)N(C(=O)C(CS)NC(=O)OC(C)(C)C)C(C(=O)NCc1ccccc1)c1cccc(C)c1O. The molecule has 0 saturated carbocycles. The van der Waals surface area contributed by atoms with Crippen LogP contribution in [0.25, 0.3) is 0 Å². The molecule has 37 heavy (non-hydrogen) atoms. The topological polar surface area (TPSA) is 108 Å². The van der Waals surface area contributed by atoms with Crippen molar-refractivity contribution >= 4 is 30.5 Å². The summed E-state index contributed by atoms with van der Waals surface area (Å²) in [5.41, 5.74) is 1.02. The highest BCUT2D eigenvalue weighted by atomic mass is 32.1. The Labute approximate surface area is 225 Å². The Morgan fingerprint density at radius 3 is 2.30 bits per heavy atom. The van der Waals surface area contributed by atoms with Gasteiger partial charge < -0.3 is 25.4 Å². The molecule has 0 radical (unpaired) electrons. The van der Waals surface area contributed by atoms with Gasteiger partial charge in [0.05, 0.1) is 0 Å². The number of thiol groups is 1. The molecule has 0 spiro atoms. The molecule has 0 aliphatic rings. The number of hydrogen-bond acceptors (Lipinski definition) is 6. The number of benzene rings is 2. The molecule has 0 fully saturated rings. The average molecular weight is 530 g/mol. The summed E-state index contributed by atoms with van der Waals surface area (Å²) >= 11 is 4.30. The third-order valence-electron chi connectivity index (χ3n) is 5.89. The van der Waals surface area contributed by atoms with Gasteiger partial charge in [-0.15, -0.1) is 0 Å². The van der Waals surface area contributed by atoms with Crippen LogP contribution < -0.4 is 10.6 Å². The van der Waals surface area contributed by atoms with Crippen molar-refractivity contribution in [2.45, 2.75) is 78.2 Å². The highest BCUT2D eigenvalue weighted by molar-refractivity contribution is 7.80. The van der Waals surface area contributed by atoms with Gasteiger partial charge in [0, 0.05) is 23.9 Å². The number of nitrogens with zero attached hydrogens (tertiary/aromatic N) is 1. The maximum Gasteiger partial charge on any atom is 0.408 e. The van der Waals surface area contributed by atoms with E-state index in [4.69, 9.17) is 4.74 Å². The first-order valence-electron chi connectivity index (χ1n) is 12.4. The normalized spacial score (nSPS) is 13.7. The van der Waals surface area contributed by atoms with Crippen LogP contribution in [0.15, 0.2) is 48.5 Å². The molecule has 0 bridgehead atoms. The molecule has 3 atom stereocenters. The zero-order valence-electron chi connectivity index (χ0n) is 22.4. The predicted octanol–water partition coefficient (Wildman–Crippen LogP) is 4.51. The first-order valence-corrected chi connectivity index (χ1v) is 13.1. The van der Waals surface area contributed by atoms with Crippen molar-refractivity contribution in [2.75, 3.05) is 5.75 Å². The molecule has 3 N–H and O–H groups in total. The standard InChI is InChI=1S/C28H39N3O5S/c1-7-19(3)31(26(34)22(17-37)30-27(35)36-28(4,5)6)23(21-15-11-12-18(2)24(21)32)25(33)29-16-20-13-9-8-10-14-20/h8-15,19,22-23,32,37H,7,16-17H2,1-6H3,(H,29,33)(H,30,35). The summed E-state index contributed by atoms with van der Waals surface area (Å²) in [6.07, 6.45) is -0.223. The quantitative estimate of drug-likeness (QED) is 0.339. The Balaban J connectivity index is 2.49. The molecular weight excluding hydrogens is 490 g/mol. The van der Waals surface area contributed by atoms with Crippen LogP contribution in [0.3, 0.4) is 0 Å². The largest absolute Gasteiger partial charge is 0.507 e. The lowest BCUT2D eigenvalue weighted by Crippen LogP contribution is -2.56. The Morgan fingerprint density at radius 2 is 1.73 bits per heavy atom. The van der Waals surface area contributed by atoms with Crippen molar-refractivity contribution in [3.05, 3.63) is 65.2 Å². The number of phenolic OH excluding ortho intramolecular Hbond substituents is 1. The highest BCUT2D eigenvalue weighted by Gasteiger charge is 2.39. The molecular formula is C28H39N3O5S. The number of amides is 3. The molecule has 202 valence electrons. The Hall–Kier alpha value is -3.20. The van der Waals surface area contributed by atoms with Crippen LogP contribution in [-0.2, 0) is 20.9 Å². The van der Waals surface area contributed by atoms with E-state index in [9.17, 15) is 19.5 Å². The lowest BCUT2D eigenvalue weighted by atomic mass is 9.97. The van der Waals surface area contributed by atoms with E-state index < -0.39 is 41.6 Å². The van der Waals surface area contributed by atoms with Crippen molar-refractivity contribution in [2.24, 2.45) is 0 Å². The zero-order valence-corrected chi connectivity index (χ0v) is 23.3. The number of aromatic hydroxyl groups is 1. The summed E-state index contributed by atoms with van der Waals surface area (Å²) in [6.45, 7) is 10.9. The second-order valence-corrected chi connectivity index (χ2v) is 10.4. The molecule has 9 heteroatoms. The molecule has 0 aliphatic carbocycles. The lowest BCUT2D eigenvalue weighted by molar-refractivity contribution is -0.144. The monoisotopic (exact) mass is 529 g/mol. The predicted molar refractivity (Wildman–Crippen MR) is 147 cm³/mol. The Bertz CT molecular complexity index is 1070. The number of hydrogen-bond donors (Lipinski definition) is 4. The smallest absolute Gasteiger partial charge is 0.408 e. The molecule has 3 unspecified atom stereocenters. The number of aryl methyl sites for hydroxylation is 1. The van der Waals surface area contributed by atoms with Crippen LogP contribution in [0.5, 0.6) is 5.75 Å². The molecule has 3 amide bonds. The molecule has 0 aliphatic heterocycles. The molecule has 0 heterocycles. The maximum absolute atomic E-state index is 13.9. The molecule has 0 aromatic heterocycles. The minimum Gasteiger partial charge on any atom is -0.507 e. The van der Waals surface area contributed by atoms with Gasteiger partial charge in [-0.1, -0.05) is 55.5 Å². The summed E-state index contributed by atoms with van der Waals surface area (Å²) < 4.78 is 5.33. The van der Waals surface area contributed by atoms with Gasteiger partial charge >= 0.3 is 6.09 Å². The van der Waals surface area contributed by atoms with Gasteiger partial charge in [0.2, 0.25) is 11.8 Å². The van der Waals surface area contributed by atoms with Crippen LogP contribution in [0.4, 0.5) is 4.79 Å². The van der Waals surface area contributed by atoms with Gasteiger partial charge in [-0.25, -0.2) is 4.79 Å². The van der Waals surface area contributed by atoms with Gasteiger partial charge in [0.15, 0.2) is 0 Å². The molecule has 8 nitrogen and oxygen atoms in total. The minimum absolute atomic E-state index is 0.0107. The van der Waals surface area contributed by atoms with E-state index >= 15 is 0 Å². The molecule has 0 saturated heterocycles. The number of ether oxygens (including phenoxy) is 1. The Kier molecular flexibility index (Phi) is 10.9. The van der Waals surface area contributed by atoms with Crippen LogP contribution in [0.1, 0.15) is 63.8 Å². The first kappa shape index (κ1) is 30.0. The number of carbonyl (C=O) groups excluding carboxylic acids is 3. The van der Waals surface area contributed by atoms with E-state index in [0.29, 0.717) is 17.5 Å². The summed E-state index contributed by atoms with van der Waals surface area (Å²) in [4.78, 5) is 41.5. The van der Waals surface area contributed by atoms with Crippen LogP contribution in [-0.4, -0.2) is 51.4 Å². The van der Waals surface area contributed by atoms with E-state index in [0.717, 1.165) is 5.56 Å². The third-order valence-corrected chi connectivity index (χ3v) is 6.26. The second kappa shape index (κ2) is 13.4. The van der Waals surface area contributed by atoms with Gasteiger partial charge in [-0.05, 0) is 52.2 Å². The van der Waals surface area contributed by atoms with Crippen LogP contribution in [0.2, 0.25) is 0 Å². The average Bonchev–Trinajstić information content (AvgIpc) is 2.85. The van der Waals surface area contributed by atoms with Crippen molar-refractivity contribution in [1.29, 1.82) is 0 Å². The summed E-state index contributed by atoms with van der Waals surface area (Å²) in [5.74, 6) is -1.03. The number of carbonyl (C=O) groups is 3. The van der Waals surface area contributed by atoms with Gasteiger partial charge in [-0.3, -0.25) is 9.59 Å². The molecule has 2 aromatic rings. The van der Waals surface area contributed by atoms with Crippen molar-refractivity contribution < 1.29 is 24.2 Å². The first-order chi connectivity index (χ1) is 17.4. The van der Waals surface area contributed by atoms with E-state index in [1.165, 1.54) is 4.90 Å². The minimum atomic E-state index is -1.14. The van der Waals surface area contributed by atoms with E-state index in [2.05, 4.69) is 23.3 Å². The summed E-state index contributed by atoms with van der Waals surface area (Å²) in [7, 11) is 0. The van der Waals surface area contributed by atoms with Crippen LogP contribution >= 0.6 is 12.6 Å². The number of alkyl carbamates (subject to hydrolysis) is 1. The van der Waals surface area contributed by atoms with Crippen LogP contribution in [0, 0.1) is 6.92 Å². The van der Waals surface area contributed by atoms with Crippen molar-refractivity contribution in [3.8, 4) is 5.75 Å². The summed E-state index contributed by atoms with van der Waals surface area (Å²) in [5, 5.41) is 16.4. The van der Waals surface area contributed by atoms with Gasteiger partial charge in [0.25, 0.3) is 0 Å². The number of phenols is 1. The van der Waals surface area contributed by atoms with E-state index in [1.54, 1.807) is 45.9 Å². The number of nitrogens with one attached hydrogen (secondary N) is 2. The van der Waals surface area contributed by atoms with Gasteiger partial charge in [-0.2, -0.15) is 12.6 Å². The fourth-order valence-corrected chi connectivity index (χ4v) is 4.06. The van der Waals surface area contributed by atoms with E-state index in [-0.39, 0.29) is 18.0 Å². The maximum atomic E-state index is 13.9. The van der Waals surface area contributed by atoms with E-state index in [1.807, 2.05) is 44.2 Å². The second-order valence-electron chi connectivity index (χ2n) is 10.0. The number of rotatable bonds is 10. The number of para-hydroxylation sites is 1. The summed E-state index contributed by atoms with van der Waals surface area (Å²) in [6, 6.07) is 11.9. The Morgan fingerprint density at radius 1 is 1.08 bits per heavy atom. The molecule has 2 aromatic carbocycles. The molecule has 2 rings (SSSR count). The fourth-order valence-electron chi connectivity index (χ4n) is 3.81. The third kappa shape index (κ3) is 8.42. The van der Waals surface area contributed by atoms with Crippen molar-refractivity contribution in [1.82, 2.24) is 15.5 Å². The lowest BCUT2D eigenvalue weighted by Gasteiger charge is -2.38.